The molecule has 2 rings (SSSR count). The highest BCUT2D eigenvalue weighted by Crippen LogP contribution is 2.23. The number of aliphatic hydroxyl groups excluding tert-OH is 7. The van der Waals surface area contributed by atoms with Gasteiger partial charge in [0, 0.05) is 0 Å². The molecule has 0 radical (unpaired) electrons. The molecule has 2 saturated heterocycles. The van der Waals surface area contributed by atoms with E-state index in [1.807, 2.05) is 0 Å². The van der Waals surface area contributed by atoms with Crippen LogP contribution in [0.1, 0.15) is 0 Å². The number of rotatable bonds is 5. The van der Waals surface area contributed by atoms with Crippen molar-refractivity contribution in [3.05, 3.63) is 0 Å². The Morgan fingerprint density at radius 2 is 1.46 bits per heavy atom. The number of nitrogens with one attached hydrogen (secondary N) is 1. The Balaban J connectivity index is 2.00. The lowest BCUT2D eigenvalue weighted by molar-refractivity contribution is -0.315. The predicted octanol–water partition coefficient (Wildman–Crippen LogP) is -5.93. The molecule has 24 heavy (non-hydrogen) atoms. The van der Waals surface area contributed by atoms with Crippen LogP contribution in [0.25, 0.3) is 0 Å². The summed E-state index contributed by atoms with van der Waals surface area (Å²) in [6.45, 7) is -1.20. The van der Waals surface area contributed by atoms with E-state index in [0.717, 1.165) is 0 Å². The summed E-state index contributed by atoms with van der Waals surface area (Å²) in [7, 11) is 0. The highest BCUT2D eigenvalue weighted by molar-refractivity contribution is 4.93. The van der Waals surface area contributed by atoms with Gasteiger partial charge in [0.2, 0.25) is 0 Å². The lowest BCUT2D eigenvalue weighted by Gasteiger charge is -2.43. The molecule has 12 heteroatoms. The summed E-state index contributed by atoms with van der Waals surface area (Å²) in [6.07, 6.45) is -12.5. The van der Waals surface area contributed by atoms with Gasteiger partial charge in [-0.25, -0.2) is 0 Å². The second-order valence-corrected chi connectivity index (χ2v) is 5.77. The highest BCUT2D eigenvalue weighted by Gasteiger charge is 2.47. The van der Waals surface area contributed by atoms with Crippen molar-refractivity contribution >= 4 is 0 Å². The van der Waals surface area contributed by atoms with Crippen molar-refractivity contribution in [2.24, 2.45) is 5.73 Å². The summed E-state index contributed by atoms with van der Waals surface area (Å²) < 4.78 is 10.2. The van der Waals surface area contributed by atoms with Gasteiger partial charge in [0.05, 0.1) is 19.3 Å². The first kappa shape index (κ1) is 19.8. The smallest absolute Gasteiger partial charge is 0.184 e. The molecule has 0 bridgehead atoms. The van der Waals surface area contributed by atoms with Crippen LogP contribution in [-0.4, -0.2) is 110 Å². The Morgan fingerprint density at radius 3 is 2.04 bits per heavy atom. The number of hydrogen-bond donors (Lipinski definition) is 9. The minimum atomic E-state index is -1.69. The molecular formula is C12H24N2O10. The summed E-state index contributed by atoms with van der Waals surface area (Å²) in [5.74, 6) is 0. The molecule has 0 saturated carbocycles. The summed E-state index contributed by atoms with van der Waals surface area (Å²) >= 11 is 0. The molecule has 2 aliphatic rings. The summed E-state index contributed by atoms with van der Waals surface area (Å²) in [6, 6.07) is -1.13. The van der Waals surface area contributed by atoms with Crippen LogP contribution >= 0.6 is 0 Å². The van der Waals surface area contributed by atoms with Crippen LogP contribution in [0.2, 0.25) is 0 Å². The zero-order chi connectivity index (χ0) is 18.0. The molecule has 0 aromatic carbocycles. The van der Waals surface area contributed by atoms with E-state index in [0.29, 0.717) is 0 Å². The normalized spacial score (nSPS) is 50.0. The van der Waals surface area contributed by atoms with Gasteiger partial charge in [0.25, 0.3) is 0 Å². The lowest BCUT2D eigenvalue weighted by atomic mass is 9.97. The molecule has 142 valence electrons. The third kappa shape index (κ3) is 3.85. The largest absolute Gasteiger partial charge is 0.394 e. The van der Waals surface area contributed by atoms with Crippen LogP contribution in [-0.2, 0) is 14.3 Å². The fraction of sp³-hybridized carbons (Fsp3) is 1.00. The minimum Gasteiger partial charge on any atom is -0.394 e. The molecule has 2 fully saturated rings. The number of nitrogens with two attached hydrogens (primary N) is 1. The molecule has 12 nitrogen and oxygen atoms in total. The predicted molar refractivity (Wildman–Crippen MR) is 73.7 cm³/mol. The maximum absolute atomic E-state index is 9.93. The fourth-order valence-corrected chi connectivity index (χ4v) is 2.60. The quantitative estimate of drug-likeness (QED) is 0.211. The molecule has 1 unspecified atom stereocenters. The molecule has 10 atom stereocenters. The Labute approximate surface area is 136 Å². The van der Waals surface area contributed by atoms with Crippen molar-refractivity contribution in [1.29, 1.82) is 0 Å². The van der Waals surface area contributed by atoms with Gasteiger partial charge in [0.15, 0.2) is 6.29 Å². The SMILES string of the molecule is N[C@@H]1[C@@H](O)[C@H](O)[C@@H](CO)O[C@H]1NO[C@H]1[C@H](O)[C@@H](O)C(O)O[C@@H]1CO. The van der Waals surface area contributed by atoms with Crippen molar-refractivity contribution in [2.75, 3.05) is 13.2 Å². The summed E-state index contributed by atoms with van der Waals surface area (Å²) in [4.78, 5) is 5.17. The number of hydrogen-bond acceptors (Lipinski definition) is 12. The summed E-state index contributed by atoms with van der Waals surface area (Å²) in [5, 5.41) is 66.8. The molecule has 0 spiro atoms. The monoisotopic (exact) mass is 356 g/mol. The van der Waals surface area contributed by atoms with Gasteiger partial charge in [0.1, 0.15) is 49.0 Å². The van der Waals surface area contributed by atoms with Gasteiger partial charge in [-0.2, -0.15) is 5.48 Å². The molecule has 10 N–H and O–H groups in total. The minimum absolute atomic E-state index is 0.581. The molecular weight excluding hydrogens is 332 g/mol. The van der Waals surface area contributed by atoms with E-state index in [4.69, 9.17) is 25.2 Å². The molecule has 2 aliphatic heterocycles. The molecule has 0 aliphatic carbocycles. The standard InChI is InChI=1S/C12H24N2O10/c13-5-7(18)6(17)3(1-15)22-11(5)14-24-10-4(2-16)23-12(21)9(20)8(10)19/h3-12,14-21H,1-2,13H2/t3-,4-,5-,6-,7-,8-,9-,10-,11-,12?/m1/s1. The van der Waals surface area contributed by atoms with Gasteiger partial charge in [-0.15, -0.1) is 0 Å². The Bertz CT molecular complexity index is 400. The van der Waals surface area contributed by atoms with Crippen LogP contribution in [0.4, 0.5) is 0 Å². The van der Waals surface area contributed by atoms with Crippen LogP contribution in [0.5, 0.6) is 0 Å². The maximum Gasteiger partial charge on any atom is 0.184 e. The second-order valence-electron chi connectivity index (χ2n) is 5.77. The average molecular weight is 356 g/mol. The van der Waals surface area contributed by atoms with Crippen LogP contribution in [0.3, 0.4) is 0 Å². The summed E-state index contributed by atoms with van der Waals surface area (Å²) in [5.41, 5.74) is 8.02. The molecule has 2 heterocycles. The van der Waals surface area contributed by atoms with Gasteiger partial charge in [-0.3, -0.25) is 4.84 Å². The van der Waals surface area contributed by atoms with Crippen molar-refractivity contribution in [2.45, 2.75) is 61.3 Å². The first-order valence-electron chi connectivity index (χ1n) is 7.41. The van der Waals surface area contributed by atoms with Gasteiger partial charge in [-0.1, -0.05) is 0 Å². The fourth-order valence-electron chi connectivity index (χ4n) is 2.60. The van der Waals surface area contributed by atoms with Crippen LogP contribution in [0, 0.1) is 0 Å². The van der Waals surface area contributed by atoms with Crippen LogP contribution in [0.15, 0.2) is 0 Å². The zero-order valence-corrected chi connectivity index (χ0v) is 12.6. The van der Waals surface area contributed by atoms with E-state index in [1.54, 1.807) is 0 Å². The van der Waals surface area contributed by atoms with Crippen molar-refractivity contribution in [1.82, 2.24) is 5.48 Å². The van der Waals surface area contributed by atoms with Crippen molar-refractivity contribution in [3.8, 4) is 0 Å². The highest BCUT2D eigenvalue weighted by atomic mass is 16.7. The third-order valence-corrected chi connectivity index (χ3v) is 4.14. The number of hydroxylamine groups is 1. The van der Waals surface area contributed by atoms with E-state index in [9.17, 15) is 30.6 Å². The average Bonchev–Trinajstić information content (AvgIpc) is 2.58. The zero-order valence-electron chi connectivity index (χ0n) is 12.6. The van der Waals surface area contributed by atoms with E-state index in [2.05, 4.69) is 5.48 Å². The topological polar surface area (TPSA) is 207 Å². The Morgan fingerprint density at radius 1 is 0.833 bits per heavy atom. The molecule has 0 amide bonds. The maximum atomic E-state index is 9.93. The van der Waals surface area contributed by atoms with Gasteiger partial charge in [-0.05, 0) is 0 Å². The van der Waals surface area contributed by atoms with Crippen LogP contribution < -0.4 is 11.2 Å². The van der Waals surface area contributed by atoms with Gasteiger partial charge < -0.3 is 51.0 Å². The Kier molecular flexibility index (Phi) is 6.83. The lowest BCUT2D eigenvalue weighted by Crippen LogP contribution is -2.67. The first-order chi connectivity index (χ1) is 11.3. The third-order valence-electron chi connectivity index (χ3n) is 4.14. The van der Waals surface area contributed by atoms with E-state index < -0.39 is 74.5 Å². The number of ether oxygens (including phenoxy) is 2. The second kappa shape index (κ2) is 8.27. The first-order valence-corrected chi connectivity index (χ1v) is 7.41. The van der Waals surface area contributed by atoms with E-state index in [1.165, 1.54) is 0 Å². The molecule has 0 aromatic rings. The van der Waals surface area contributed by atoms with Crippen molar-refractivity contribution in [3.63, 3.8) is 0 Å². The molecule has 0 aromatic heterocycles. The Hall–Kier alpha value is -0.480. The van der Waals surface area contributed by atoms with Crippen molar-refractivity contribution < 1.29 is 50.1 Å². The number of aliphatic hydroxyl groups is 7. The van der Waals surface area contributed by atoms with Gasteiger partial charge >= 0.3 is 0 Å². The van der Waals surface area contributed by atoms with E-state index >= 15 is 0 Å². The van der Waals surface area contributed by atoms with E-state index in [-0.39, 0.29) is 0 Å².